The van der Waals surface area contributed by atoms with E-state index >= 15 is 0 Å². The molecule has 2 fully saturated rings. The highest BCUT2D eigenvalue weighted by atomic mass is 32.2. The van der Waals surface area contributed by atoms with Crippen LogP contribution in [0.3, 0.4) is 0 Å². The van der Waals surface area contributed by atoms with Crippen molar-refractivity contribution in [2.75, 3.05) is 57.8 Å². The summed E-state index contributed by atoms with van der Waals surface area (Å²) in [6.07, 6.45) is 1.32. The van der Waals surface area contributed by atoms with Crippen LogP contribution in [0.15, 0.2) is 0 Å². The maximum atomic E-state index is 12.0. The molecule has 0 aromatic carbocycles. The highest BCUT2D eigenvalue weighted by Crippen LogP contribution is 2.23. The fourth-order valence-corrected chi connectivity index (χ4v) is 3.75. The SMILES string of the molecule is CN(CC(=O)N1CCNCC1)CC1CCSC1. The molecule has 1 amide bonds. The molecule has 2 saturated heterocycles. The van der Waals surface area contributed by atoms with E-state index in [0.29, 0.717) is 12.5 Å². The minimum absolute atomic E-state index is 0.291. The Labute approximate surface area is 108 Å². The molecule has 0 spiro atoms. The van der Waals surface area contributed by atoms with Crippen LogP contribution in [-0.4, -0.2) is 73.5 Å². The number of piperazine rings is 1. The van der Waals surface area contributed by atoms with Crippen LogP contribution in [0.1, 0.15) is 6.42 Å². The van der Waals surface area contributed by atoms with Crippen molar-refractivity contribution in [3.05, 3.63) is 0 Å². The van der Waals surface area contributed by atoms with E-state index in [1.165, 1.54) is 17.9 Å². The maximum absolute atomic E-state index is 12.0. The van der Waals surface area contributed by atoms with Gasteiger partial charge in [-0.25, -0.2) is 0 Å². The van der Waals surface area contributed by atoms with Crippen LogP contribution >= 0.6 is 11.8 Å². The lowest BCUT2D eigenvalue weighted by atomic mass is 10.1. The Balaban J connectivity index is 1.69. The van der Waals surface area contributed by atoms with Crippen LogP contribution in [0.5, 0.6) is 0 Å². The van der Waals surface area contributed by atoms with Gasteiger partial charge in [-0.2, -0.15) is 11.8 Å². The van der Waals surface area contributed by atoms with Crippen LogP contribution in [0, 0.1) is 5.92 Å². The molecular formula is C12H23N3OS. The second-order valence-corrected chi connectivity index (χ2v) is 6.21. The second-order valence-electron chi connectivity index (χ2n) is 5.06. The topological polar surface area (TPSA) is 35.6 Å². The van der Waals surface area contributed by atoms with E-state index in [-0.39, 0.29) is 0 Å². The zero-order valence-electron chi connectivity index (χ0n) is 10.7. The number of thioether (sulfide) groups is 1. The quantitative estimate of drug-likeness (QED) is 0.775. The lowest BCUT2D eigenvalue weighted by Gasteiger charge is -2.29. The summed E-state index contributed by atoms with van der Waals surface area (Å²) in [4.78, 5) is 16.2. The largest absolute Gasteiger partial charge is 0.339 e. The molecule has 1 N–H and O–H groups in total. The van der Waals surface area contributed by atoms with Gasteiger partial charge in [0.15, 0.2) is 0 Å². The van der Waals surface area contributed by atoms with E-state index in [0.717, 1.165) is 38.6 Å². The molecule has 0 aromatic rings. The van der Waals surface area contributed by atoms with Crippen molar-refractivity contribution in [3.63, 3.8) is 0 Å². The van der Waals surface area contributed by atoms with E-state index in [9.17, 15) is 4.79 Å². The van der Waals surface area contributed by atoms with Gasteiger partial charge >= 0.3 is 0 Å². The Morgan fingerprint density at radius 2 is 2.24 bits per heavy atom. The predicted octanol–water partition coefficient (Wildman–Crippen LogP) is 0.103. The van der Waals surface area contributed by atoms with Crippen molar-refractivity contribution in [2.24, 2.45) is 5.92 Å². The molecule has 0 bridgehead atoms. The number of rotatable bonds is 4. The Hall–Kier alpha value is -0.260. The first-order valence-electron chi connectivity index (χ1n) is 6.50. The molecule has 5 heteroatoms. The molecule has 4 nitrogen and oxygen atoms in total. The third kappa shape index (κ3) is 4.16. The van der Waals surface area contributed by atoms with Gasteiger partial charge in [-0.1, -0.05) is 0 Å². The lowest BCUT2D eigenvalue weighted by Crippen LogP contribution is -2.49. The summed E-state index contributed by atoms with van der Waals surface area (Å²) >= 11 is 2.04. The Kier molecular flexibility index (Phi) is 5.13. The molecule has 2 aliphatic heterocycles. The van der Waals surface area contributed by atoms with Crippen molar-refractivity contribution in [1.82, 2.24) is 15.1 Å². The average Bonchev–Trinajstić information content (AvgIpc) is 2.82. The summed E-state index contributed by atoms with van der Waals surface area (Å²) in [6, 6.07) is 0. The molecule has 2 rings (SSSR count). The van der Waals surface area contributed by atoms with E-state index in [4.69, 9.17) is 0 Å². The summed E-state index contributed by atoms with van der Waals surface area (Å²) in [5, 5.41) is 3.27. The minimum atomic E-state index is 0.291. The van der Waals surface area contributed by atoms with Crippen molar-refractivity contribution in [2.45, 2.75) is 6.42 Å². The van der Waals surface area contributed by atoms with Gasteiger partial charge in [0.05, 0.1) is 6.54 Å². The van der Waals surface area contributed by atoms with Crippen LogP contribution in [0.4, 0.5) is 0 Å². The number of amides is 1. The molecular weight excluding hydrogens is 234 g/mol. The molecule has 2 aliphatic rings. The second kappa shape index (κ2) is 6.61. The van der Waals surface area contributed by atoms with E-state index in [1.54, 1.807) is 0 Å². The normalized spacial score (nSPS) is 25.5. The first-order valence-corrected chi connectivity index (χ1v) is 7.66. The zero-order chi connectivity index (χ0) is 12.1. The van der Waals surface area contributed by atoms with Gasteiger partial charge in [0.2, 0.25) is 5.91 Å². The van der Waals surface area contributed by atoms with Gasteiger partial charge < -0.3 is 10.2 Å². The van der Waals surface area contributed by atoms with Gasteiger partial charge in [-0.3, -0.25) is 9.69 Å². The monoisotopic (exact) mass is 257 g/mol. The van der Waals surface area contributed by atoms with Crippen molar-refractivity contribution < 1.29 is 4.79 Å². The van der Waals surface area contributed by atoms with Crippen LogP contribution in [0.2, 0.25) is 0 Å². The van der Waals surface area contributed by atoms with E-state index < -0.39 is 0 Å². The van der Waals surface area contributed by atoms with E-state index in [1.807, 2.05) is 16.7 Å². The van der Waals surface area contributed by atoms with Gasteiger partial charge in [0.25, 0.3) is 0 Å². The maximum Gasteiger partial charge on any atom is 0.236 e. The molecule has 0 saturated carbocycles. The minimum Gasteiger partial charge on any atom is -0.339 e. The molecule has 98 valence electrons. The summed E-state index contributed by atoms with van der Waals surface area (Å²) in [6.45, 7) is 5.27. The van der Waals surface area contributed by atoms with Gasteiger partial charge in [-0.05, 0) is 30.9 Å². The fourth-order valence-electron chi connectivity index (χ4n) is 2.48. The smallest absolute Gasteiger partial charge is 0.236 e. The molecule has 1 unspecified atom stereocenters. The summed E-state index contributed by atoms with van der Waals surface area (Å²) < 4.78 is 0. The standard InChI is InChI=1S/C12H23N3OS/c1-14(8-11-2-7-17-10-11)9-12(16)15-5-3-13-4-6-15/h11,13H,2-10H2,1H3. The Bertz CT molecular complexity index is 250. The number of nitrogens with zero attached hydrogens (tertiary/aromatic N) is 2. The zero-order valence-corrected chi connectivity index (χ0v) is 11.5. The van der Waals surface area contributed by atoms with Crippen molar-refractivity contribution >= 4 is 17.7 Å². The highest BCUT2D eigenvalue weighted by molar-refractivity contribution is 7.99. The molecule has 1 atom stereocenters. The first-order chi connectivity index (χ1) is 8.25. The summed E-state index contributed by atoms with van der Waals surface area (Å²) in [5.74, 6) is 3.65. The first kappa shape index (κ1) is 13.2. The summed E-state index contributed by atoms with van der Waals surface area (Å²) in [7, 11) is 2.07. The summed E-state index contributed by atoms with van der Waals surface area (Å²) in [5.41, 5.74) is 0. The Morgan fingerprint density at radius 3 is 2.88 bits per heavy atom. The molecule has 0 aliphatic carbocycles. The predicted molar refractivity (Wildman–Crippen MR) is 72.4 cm³/mol. The number of hydrogen-bond donors (Lipinski definition) is 1. The number of likely N-dealkylation sites (N-methyl/N-ethyl adjacent to an activating group) is 1. The van der Waals surface area contributed by atoms with Gasteiger partial charge in [-0.15, -0.1) is 0 Å². The third-order valence-electron chi connectivity index (χ3n) is 3.47. The molecule has 17 heavy (non-hydrogen) atoms. The number of carbonyl (C=O) groups excluding carboxylic acids is 1. The average molecular weight is 257 g/mol. The van der Waals surface area contributed by atoms with Crippen LogP contribution in [0.25, 0.3) is 0 Å². The van der Waals surface area contributed by atoms with Crippen molar-refractivity contribution in [3.8, 4) is 0 Å². The highest BCUT2D eigenvalue weighted by Gasteiger charge is 2.21. The van der Waals surface area contributed by atoms with Crippen LogP contribution in [-0.2, 0) is 4.79 Å². The third-order valence-corrected chi connectivity index (χ3v) is 4.70. The Morgan fingerprint density at radius 1 is 1.47 bits per heavy atom. The fraction of sp³-hybridized carbons (Fsp3) is 0.917. The molecule has 0 radical (unpaired) electrons. The molecule has 0 aromatic heterocycles. The van der Waals surface area contributed by atoms with Gasteiger partial charge in [0.1, 0.15) is 0 Å². The lowest BCUT2D eigenvalue weighted by molar-refractivity contribution is -0.132. The molecule has 2 heterocycles. The number of hydrogen-bond acceptors (Lipinski definition) is 4. The van der Waals surface area contributed by atoms with Gasteiger partial charge in [0, 0.05) is 32.7 Å². The van der Waals surface area contributed by atoms with E-state index in [2.05, 4.69) is 17.3 Å². The number of nitrogens with one attached hydrogen (secondary N) is 1. The van der Waals surface area contributed by atoms with Crippen molar-refractivity contribution in [1.29, 1.82) is 0 Å². The number of carbonyl (C=O) groups is 1. The van der Waals surface area contributed by atoms with Crippen LogP contribution < -0.4 is 5.32 Å².